The first kappa shape index (κ1) is 26.6. The normalized spacial score (nSPS) is 17.4. The van der Waals surface area contributed by atoms with E-state index in [2.05, 4.69) is 27.2 Å². The van der Waals surface area contributed by atoms with Crippen LogP contribution < -0.4 is 19.9 Å². The third-order valence-electron chi connectivity index (χ3n) is 7.12. The van der Waals surface area contributed by atoms with Gasteiger partial charge in [-0.1, -0.05) is 0 Å². The van der Waals surface area contributed by atoms with E-state index in [1.807, 2.05) is 17.0 Å². The lowest BCUT2D eigenvalue weighted by Gasteiger charge is -2.36. The average Bonchev–Trinajstić information content (AvgIpc) is 2.92. The number of halogens is 3. The van der Waals surface area contributed by atoms with Crippen LogP contribution in [-0.4, -0.2) is 69.8 Å². The largest absolute Gasteiger partial charge is 0.497 e. The Morgan fingerprint density at radius 3 is 2.22 bits per heavy atom. The number of anilines is 2. The molecule has 2 fully saturated rings. The van der Waals surface area contributed by atoms with Gasteiger partial charge >= 0.3 is 6.18 Å². The molecule has 7 nitrogen and oxygen atoms in total. The highest BCUT2D eigenvalue weighted by Gasteiger charge is 2.34. The summed E-state index contributed by atoms with van der Waals surface area (Å²) in [5.41, 5.74) is 0.332. The molecule has 0 radical (unpaired) electrons. The van der Waals surface area contributed by atoms with Crippen molar-refractivity contribution in [3.63, 3.8) is 0 Å². The fourth-order valence-electron chi connectivity index (χ4n) is 4.93. The molecule has 4 rings (SSSR count). The molecule has 1 amide bonds. The zero-order valence-corrected chi connectivity index (χ0v) is 20.9. The molecule has 1 N–H and O–H groups in total. The van der Waals surface area contributed by atoms with Crippen molar-refractivity contribution >= 4 is 17.3 Å². The summed E-state index contributed by atoms with van der Waals surface area (Å²) in [5.74, 6) is 0.845. The Kier molecular flexibility index (Phi) is 8.44. The van der Waals surface area contributed by atoms with Crippen molar-refractivity contribution in [1.82, 2.24) is 10.2 Å². The van der Waals surface area contributed by atoms with Crippen molar-refractivity contribution in [2.24, 2.45) is 0 Å². The molecule has 10 heteroatoms. The zero-order chi connectivity index (χ0) is 26.4. The minimum Gasteiger partial charge on any atom is -0.497 e. The summed E-state index contributed by atoms with van der Waals surface area (Å²) in [7, 11) is 1.65. The van der Waals surface area contributed by atoms with Crippen LogP contribution in [0.4, 0.5) is 24.5 Å². The van der Waals surface area contributed by atoms with Crippen LogP contribution in [0.15, 0.2) is 42.5 Å². The SMILES string of the molecule is COc1ccc(N2CCN(CCC(=O)NC3CCN(c4ccc(C#N)c(C(F)(F)F)c4)CC3)CC2)cc1. The summed E-state index contributed by atoms with van der Waals surface area (Å²) < 4.78 is 45.1. The van der Waals surface area contributed by atoms with Crippen molar-refractivity contribution in [2.75, 3.05) is 62.7 Å². The van der Waals surface area contributed by atoms with Crippen LogP contribution in [0, 0.1) is 11.3 Å². The van der Waals surface area contributed by atoms with E-state index in [1.54, 1.807) is 19.2 Å². The molecule has 0 bridgehead atoms. The molecule has 37 heavy (non-hydrogen) atoms. The Morgan fingerprint density at radius 1 is 1.00 bits per heavy atom. The maximum atomic E-state index is 13.3. The number of alkyl halides is 3. The number of amides is 1. The van der Waals surface area contributed by atoms with E-state index >= 15 is 0 Å². The number of piperazine rings is 1. The average molecular weight is 516 g/mol. The third kappa shape index (κ3) is 6.86. The number of nitrogens with zero attached hydrogens (tertiary/aromatic N) is 4. The number of ether oxygens (including phenoxy) is 1. The van der Waals surface area contributed by atoms with Gasteiger partial charge in [0.1, 0.15) is 5.75 Å². The fraction of sp³-hybridized carbons (Fsp3) is 0.481. The number of carbonyl (C=O) groups excluding carboxylic acids is 1. The molecule has 2 aliphatic rings. The van der Waals surface area contributed by atoms with Gasteiger partial charge in [0.15, 0.2) is 0 Å². The van der Waals surface area contributed by atoms with E-state index in [-0.39, 0.29) is 17.5 Å². The van der Waals surface area contributed by atoms with Crippen LogP contribution >= 0.6 is 0 Å². The summed E-state index contributed by atoms with van der Waals surface area (Å²) >= 11 is 0. The molecule has 0 spiro atoms. The Bertz CT molecular complexity index is 1100. The number of benzene rings is 2. The number of nitrogens with one attached hydrogen (secondary N) is 1. The topological polar surface area (TPSA) is 71.8 Å². The lowest BCUT2D eigenvalue weighted by molar-refractivity contribution is -0.137. The predicted octanol–water partition coefficient (Wildman–Crippen LogP) is 3.88. The van der Waals surface area contributed by atoms with Crippen LogP contribution in [0.5, 0.6) is 5.75 Å². The van der Waals surface area contributed by atoms with E-state index in [0.29, 0.717) is 44.6 Å². The summed E-state index contributed by atoms with van der Waals surface area (Å²) in [6.45, 7) is 5.37. The number of nitriles is 1. The molecule has 0 aliphatic carbocycles. The highest BCUT2D eigenvalue weighted by atomic mass is 19.4. The molecule has 0 unspecified atom stereocenters. The smallest absolute Gasteiger partial charge is 0.417 e. The summed E-state index contributed by atoms with van der Waals surface area (Å²) in [6.07, 6.45) is -2.83. The van der Waals surface area contributed by atoms with Gasteiger partial charge in [0.05, 0.1) is 24.3 Å². The van der Waals surface area contributed by atoms with Crippen LogP contribution in [0.25, 0.3) is 0 Å². The molecule has 0 saturated carbocycles. The molecule has 2 aliphatic heterocycles. The summed E-state index contributed by atoms with van der Waals surface area (Å²) in [5, 5.41) is 12.1. The predicted molar refractivity (Wildman–Crippen MR) is 136 cm³/mol. The Morgan fingerprint density at radius 2 is 1.62 bits per heavy atom. The molecule has 2 aromatic rings. The van der Waals surface area contributed by atoms with Crippen molar-refractivity contribution in [3.05, 3.63) is 53.6 Å². The molecular weight excluding hydrogens is 483 g/mol. The maximum Gasteiger partial charge on any atom is 0.417 e. The third-order valence-corrected chi connectivity index (χ3v) is 7.12. The van der Waals surface area contributed by atoms with Gasteiger partial charge in [-0.15, -0.1) is 0 Å². The van der Waals surface area contributed by atoms with E-state index in [1.165, 1.54) is 11.8 Å². The quantitative estimate of drug-likeness (QED) is 0.604. The lowest BCUT2D eigenvalue weighted by Crippen LogP contribution is -2.48. The van der Waals surface area contributed by atoms with E-state index in [4.69, 9.17) is 10.00 Å². The minimum atomic E-state index is -4.57. The highest BCUT2D eigenvalue weighted by molar-refractivity contribution is 5.76. The van der Waals surface area contributed by atoms with Gasteiger partial charge in [0.2, 0.25) is 5.91 Å². The van der Waals surface area contributed by atoms with Gasteiger partial charge in [-0.3, -0.25) is 9.69 Å². The molecule has 2 heterocycles. The van der Waals surface area contributed by atoms with Gasteiger partial charge < -0.3 is 19.9 Å². The summed E-state index contributed by atoms with van der Waals surface area (Å²) in [4.78, 5) is 19.0. The highest BCUT2D eigenvalue weighted by Crippen LogP contribution is 2.35. The molecule has 198 valence electrons. The van der Waals surface area contributed by atoms with E-state index < -0.39 is 11.7 Å². The first-order valence-corrected chi connectivity index (χ1v) is 12.5. The number of carbonyl (C=O) groups is 1. The number of rotatable bonds is 7. The molecule has 0 atom stereocenters. The molecular formula is C27H32F3N5O2. The fourth-order valence-corrected chi connectivity index (χ4v) is 4.93. The van der Waals surface area contributed by atoms with E-state index in [9.17, 15) is 18.0 Å². The van der Waals surface area contributed by atoms with Crippen molar-refractivity contribution in [2.45, 2.75) is 31.5 Å². The van der Waals surface area contributed by atoms with Crippen LogP contribution in [0.2, 0.25) is 0 Å². The van der Waals surface area contributed by atoms with Crippen molar-refractivity contribution < 1.29 is 22.7 Å². The Labute approximate surface area is 215 Å². The van der Waals surface area contributed by atoms with E-state index in [0.717, 1.165) is 38.0 Å². The maximum absolute atomic E-state index is 13.3. The number of methoxy groups -OCH3 is 1. The number of hydrogen-bond donors (Lipinski definition) is 1. The first-order chi connectivity index (χ1) is 17.8. The Hall–Kier alpha value is -3.45. The number of piperidine rings is 1. The van der Waals surface area contributed by atoms with Crippen LogP contribution in [-0.2, 0) is 11.0 Å². The minimum absolute atomic E-state index is 0.00812. The van der Waals surface area contributed by atoms with Crippen molar-refractivity contribution in [3.8, 4) is 11.8 Å². The molecule has 2 aromatic carbocycles. The first-order valence-electron chi connectivity index (χ1n) is 12.5. The van der Waals surface area contributed by atoms with Crippen LogP contribution in [0.1, 0.15) is 30.4 Å². The van der Waals surface area contributed by atoms with Gasteiger partial charge in [-0.2, -0.15) is 18.4 Å². The second-order valence-corrected chi connectivity index (χ2v) is 9.44. The van der Waals surface area contributed by atoms with Crippen molar-refractivity contribution in [1.29, 1.82) is 5.26 Å². The second-order valence-electron chi connectivity index (χ2n) is 9.44. The standard InChI is InChI=1S/C27H32F3N5O2/c1-37-24-6-4-22(5-7-24)35-16-14-33(15-17-35)11-10-26(36)32-21-8-12-34(13-9-21)23-3-2-20(19-31)25(18-23)27(28,29)30/h2-7,18,21H,8-17H2,1H3,(H,32,36). The Balaban J connectivity index is 1.18. The lowest BCUT2D eigenvalue weighted by atomic mass is 10.0. The molecule has 0 aromatic heterocycles. The second kappa shape index (κ2) is 11.7. The molecule has 2 saturated heterocycles. The van der Waals surface area contributed by atoms with Gasteiger partial charge in [-0.25, -0.2) is 0 Å². The zero-order valence-electron chi connectivity index (χ0n) is 20.9. The summed E-state index contributed by atoms with van der Waals surface area (Å²) in [6, 6.07) is 13.5. The van der Waals surface area contributed by atoms with Gasteiger partial charge in [-0.05, 0) is 55.3 Å². The van der Waals surface area contributed by atoms with Gasteiger partial charge in [0.25, 0.3) is 0 Å². The monoisotopic (exact) mass is 515 g/mol. The number of hydrogen-bond acceptors (Lipinski definition) is 6. The van der Waals surface area contributed by atoms with Gasteiger partial charge in [0, 0.05) is 69.7 Å². The van der Waals surface area contributed by atoms with Crippen LogP contribution in [0.3, 0.4) is 0 Å².